The summed E-state index contributed by atoms with van der Waals surface area (Å²) in [6.45, 7) is 4.94. The van der Waals surface area contributed by atoms with E-state index >= 15 is 0 Å². The SMILES string of the molecule is CCCCSC(C)C(=O)Nc1ccc(C(=O)N2CCC(C(=O)O)CC2)cc1. The maximum Gasteiger partial charge on any atom is 0.306 e. The van der Waals surface area contributed by atoms with Gasteiger partial charge in [-0.2, -0.15) is 0 Å². The van der Waals surface area contributed by atoms with E-state index < -0.39 is 5.97 Å². The Bertz CT molecular complexity index is 654. The molecular weight excluding hydrogens is 364 g/mol. The molecule has 148 valence electrons. The van der Waals surface area contributed by atoms with Crippen molar-refractivity contribution < 1.29 is 19.5 Å². The summed E-state index contributed by atoms with van der Waals surface area (Å²) in [5.41, 5.74) is 1.22. The summed E-state index contributed by atoms with van der Waals surface area (Å²) in [5.74, 6) is -0.309. The van der Waals surface area contributed by atoms with Crippen LogP contribution in [0.1, 0.15) is 49.9 Å². The van der Waals surface area contributed by atoms with Crippen LogP contribution >= 0.6 is 11.8 Å². The number of hydrogen-bond donors (Lipinski definition) is 2. The zero-order chi connectivity index (χ0) is 19.8. The van der Waals surface area contributed by atoms with Crippen LogP contribution in [0.25, 0.3) is 0 Å². The van der Waals surface area contributed by atoms with Crippen molar-refractivity contribution in [2.75, 3.05) is 24.2 Å². The Morgan fingerprint density at radius 3 is 2.41 bits per heavy atom. The van der Waals surface area contributed by atoms with Crippen LogP contribution < -0.4 is 5.32 Å². The number of likely N-dealkylation sites (tertiary alicyclic amines) is 1. The first-order valence-electron chi connectivity index (χ1n) is 9.47. The minimum atomic E-state index is -0.788. The van der Waals surface area contributed by atoms with Crippen molar-refractivity contribution in [3.05, 3.63) is 29.8 Å². The molecule has 27 heavy (non-hydrogen) atoms. The Balaban J connectivity index is 1.86. The second kappa shape index (κ2) is 10.3. The van der Waals surface area contributed by atoms with Gasteiger partial charge in [0.1, 0.15) is 0 Å². The van der Waals surface area contributed by atoms with E-state index in [1.54, 1.807) is 40.9 Å². The van der Waals surface area contributed by atoms with Gasteiger partial charge >= 0.3 is 5.97 Å². The van der Waals surface area contributed by atoms with Crippen LogP contribution in [-0.4, -0.2) is 51.9 Å². The van der Waals surface area contributed by atoms with E-state index in [0.717, 1.165) is 18.6 Å². The number of piperidine rings is 1. The minimum Gasteiger partial charge on any atom is -0.481 e. The maximum absolute atomic E-state index is 12.6. The van der Waals surface area contributed by atoms with Gasteiger partial charge in [-0.25, -0.2) is 0 Å². The Labute approximate surface area is 164 Å². The molecule has 1 heterocycles. The zero-order valence-corrected chi connectivity index (χ0v) is 16.8. The van der Waals surface area contributed by atoms with E-state index in [-0.39, 0.29) is 23.0 Å². The molecular formula is C20H28N2O4S. The number of thioether (sulfide) groups is 1. The molecule has 0 radical (unpaired) electrons. The van der Waals surface area contributed by atoms with Crippen LogP contribution in [-0.2, 0) is 9.59 Å². The molecule has 1 fully saturated rings. The predicted octanol–water partition coefficient (Wildman–Crippen LogP) is 3.48. The molecule has 1 aliphatic heterocycles. The van der Waals surface area contributed by atoms with Gasteiger partial charge in [-0.3, -0.25) is 14.4 Å². The van der Waals surface area contributed by atoms with Gasteiger partial charge in [0.05, 0.1) is 11.2 Å². The fourth-order valence-corrected chi connectivity index (χ4v) is 3.95. The van der Waals surface area contributed by atoms with E-state index in [1.165, 1.54) is 0 Å². The molecule has 0 saturated carbocycles. The largest absolute Gasteiger partial charge is 0.481 e. The lowest BCUT2D eigenvalue weighted by molar-refractivity contribution is -0.143. The highest BCUT2D eigenvalue weighted by atomic mass is 32.2. The number of aliphatic carboxylic acids is 1. The van der Waals surface area contributed by atoms with Crippen LogP contribution in [0.15, 0.2) is 24.3 Å². The monoisotopic (exact) mass is 392 g/mol. The number of benzene rings is 1. The molecule has 0 bridgehead atoms. The molecule has 1 unspecified atom stereocenters. The molecule has 0 aliphatic carbocycles. The second-order valence-electron chi connectivity index (χ2n) is 6.84. The lowest BCUT2D eigenvalue weighted by Gasteiger charge is -2.30. The summed E-state index contributed by atoms with van der Waals surface area (Å²) >= 11 is 1.64. The van der Waals surface area contributed by atoms with Gasteiger partial charge in [-0.15, -0.1) is 11.8 Å². The number of nitrogens with one attached hydrogen (secondary N) is 1. The first kappa shape index (κ1) is 21.3. The first-order chi connectivity index (χ1) is 12.9. The third kappa shape index (κ3) is 6.27. The van der Waals surface area contributed by atoms with Gasteiger partial charge in [0.2, 0.25) is 5.91 Å². The standard InChI is InChI=1S/C20H28N2O4S/c1-3-4-13-27-14(2)18(23)21-17-7-5-15(6-8-17)19(24)22-11-9-16(10-12-22)20(25)26/h5-8,14,16H,3-4,9-13H2,1-2H3,(H,21,23)(H,25,26). The highest BCUT2D eigenvalue weighted by molar-refractivity contribution is 8.00. The lowest BCUT2D eigenvalue weighted by atomic mass is 9.96. The number of carboxylic acids is 1. The molecule has 1 atom stereocenters. The molecule has 1 aromatic carbocycles. The summed E-state index contributed by atoms with van der Waals surface area (Å²) in [5, 5.41) is 11.8. The first-order valence-corrected chi connectivity index (χ1v) is 10.5. The lowest BCUT2D eigenvalue weighted by Crippen LogP contribution is -2.40. The molecule has 2 rings (SSSR count). The van der Waals surface area contributed by atoms with Crippen molar-refractivity contribution in [1.29, 1.82) is 0 Å². The molecule has 6 nitrogen and oxygen atoms in total. The Morgan fingerprint density at radius 2 is 1.85 bits per heavy atom. The number of amides is 2. The topological polar surface area (TPSA) is 86.7 Å². The van der Waals surface area contributed by atoms with Crippen LogP contribution in [0.4, 0.5) is 5.69 Å². The third-order valence-corrected chi connectivity index (χ3v) is 6.00. The summed E-state index contributed by atoms with van der Waals surface area (Å²) in [6, 6.07) is 6.88. The van der Waals surface area contributed by atoms with Crippen LogP contribution in [0.3, 0.4) is 0 Å². The molecule has 0 spiro atoms. The van der Waals surface area contributed by atoms with Crippen LogP contribution in [0.2, 0.25) is 0 Å². The number of anilines is 1. The zero-order valence-electron chi connectivity index (χ0n) is 15.9. The number of hydrogen-bond acceptors (Lipinski definition) is 4. The predicted molar refractivity (Wildman–Crippen MR) is 108 cm³/mol. The summed E-state index contributed by atoms with van der Waals surface area (Å²) < 4.78 is 0. The Kier molecular flexibility index (Phi) is 8.16. The van der Waals surface area contributed by atoms with Gasteiger partial charge in [0.15, 0.2) is 0 Å². The van der Waals surface area contributed by atoms with Crippen molar-refractivity contribution in [2.45, 2.75) is 44.8 Å². The van der Waals surface area contributed by atoms with Gasteiger partial charge in [0, 0.05) is 24.3 Å². The number of carbonyl (C=O) groups excluding carboxylic acids is 2. The fourth-order valence-electron chi connectivity index (χ4n) is 2.93. The van der Waals surface area contributed by atoms with E-state index in [0.29, 0.717) is 37.2 Å². The minimum absolute atomic E-state index is 0.0362. The summed E-state index contributed by atoms with van der Waals surface area (Å²) in [4.78, 5) is 37.5. The molecule has 2 amide bonds. The average Bonchev–Trinajstić information content (AvgIpc) is 2.68. The van der Waals surface area contributed by atoms with E-state index in [1.807, 2.05) is 6.92 Å². The smallest absolute Gasteiger partial charge is 0.306 e. The second-order valence-corrected chi connectivity index (χ2v) is 8.29. The van der Waals surface area contributed by atoms with E-state index in [9.17, 15) is 14.4 Å². The molecule has 0 aromatic heterocycles. The highest BCUT2D eigenvalue weighted by Crippen LogP contribution is 2.20. The number of carbonyl (C=O) groups is 3. The van der Waals surface area contributed by atoms with Crippen molar-refractivity contribution in [3.8, 4) is 0 Å². The van der Waals surface area contributed by atoms with Crippen LogP contribution in [0, 0.1) is 5.92 Å². The Hall–Kier alpha value is -2.02. The summed E-state index contributed by atoms with van der Waals surface area (Å²) in [7, 11) is 0. The maximum atomic E-state index is 12.6. The fraction of sp³-hybridized carbons (Fsp3) is 0.550. The number of nitrogens with zero attached hydrogens (tertiary/aromatic N) is 1. The molecule has 1 saturated heterocycles. The van der Waals surface area contributed by atoms with Gasteiger partial charge in [0.25, 0.3) is 5.91 Å². The van der Waals surface area contributed by atoms with E-state index in [4.69, 9.17) is 5.11 Å². The van der Waals surface area contributed by atoms with Crippen LogP contribution in [0.5, 0.6) is 0 Å². The van der Waals surface area contributed by atoms with Gasteiger partial charge in [-0.05, 0) is 56.2 Å². The molecule has 1 aromatic rings. The quantitative estimate of drug-likeness (QED) is 0.662. The average molecular weight is 393 g/mol. The van der Waals surface area contributed by atoms with E-state index in [2.05, 4.69) is 12.2 Å². The normalized spacial score (nSPS) is 16.0. The van der Waals surface area contributed by atoms with Gasteiger partial charge < -0.3 is 15.3 Å². The number of unbranched alkanes of at least 4 members (excludes halogenated alkanes) is 1. The highest BCUT2D eigenvalue weighted by Gasteiger charge is 2.27. The number of rotatable bonds is 8. The van der Waals surface area contributed by atoms with Crippen molar-refractivity contribution in [3.63, 3.8) is 0 Å². The van der Waals surface area contributed by atoms with Crippen molar-refractivity contribution in [1.82, 2.24) is 4.90 Å². The molecule has 1 aliphatic rings. The van der Waals surface area contributed by atoms with Crippen molar-refractivity contribution in [2.24, 2.45) is 5.92 Å². The summed E-state index contributed by atoms with van der Waals surface area (Å²) in [6.07, 6.45) is 3.19. The Morgan fingerprint density at radius 1 is 1.22 bits per heavy atom. The number of carboxylic acid groups (broad SMARTS) is 1. The molecule has 2 N–H and O–H groups in total. The van der Waals surface area contributed by atoms with Crippen molar-refractivity contribution >= 4 is 35.2 Å². The third-order valence-electron chi connectivity index (χ3n) is 4.77. The molecule has 7 heteroatoms. The van der Waals surface area contributed by atoms with Gasteiger partial charge in [-0.1, -0.05) is 13.3 Å².